The number of hydrogen-bond acceptors (Lipinski definition) is 2. The van der Waals surface area contributed by atoms with E-state index in [9.17, 15) is 4.39 Å². The van der Waals surface area contributed by atoms with E-state index in [-0.39, 0.29) is 5.82 Å². The van der Waals surface area contributed by atoms with Gasteiger partial charge in [-0.2, -0.15) is 0 Å². The van der Waals surface area contributed by atoms with Crippen molar-refractivity contribution < 1.29 is 9.13 Å². The van der Waals surface area contributed by atoms with Crippen LogP contribution in [0.3, 0.4) is 0 Å². The Kier molecular flexibility index (Phi) is 4.60. The summed E-state index contributed by atoms with van der Waals surface area (Å²) < 4.78 is 17.9. The second kappa shape index (κ2) is 6.01. The number of benzene rings is 1. The highest BCUT2D eigenvalue weighted by Crippen LogP contribution is 2.10. The van der Waals surface area contributed by atoms with Gasteiger partial charge in [0.05, 0.1) is 12.9 Å². The van der Waals surface area contributed by atoms with Crippen molar-refractivity contribution >= 4 is 6.34 Å². The van der Waals surface area contributed by atoms with Gasteiger partial charge in [-0.05, 0) is 30.7 Å². The zero-order valence-electron chi connectivity index (χ0n) is 8.74. The smallest absolute Gasteiger partial charge is 0.123 e. The van der Waals surface area contributed by atoms with Crippen LogP contribution in [0.4, 0.5) is 4.39 Å². The summed E-state index contributed by atoms with van der Waals surface area (Å²) in [5.41, 5.74) is 0. The summed E-state index contributed by atoms with van der Waals surface area (Å²) in [6.45, 7) is 1.36. The third-order valence-electron chi connectivity index (χ3n) is 1.96. The van der Waals surface area contributed by atoms with Crippen LogP contribution in [0.1, 0.15) is 6.42 Å². The normalized spacial score (nSPS) is 9.73. The second-order valence-electron chi connectivity index (χ2n) is 3.27. The average Bonchev–Trinajstić information content (AvgIpc) is 2.26. The molecule has 0 radical (unpaired) electrons. The van der Waals surface area contributed by atoms with Gasteiger partial charge >= 0.3 is 0 Å². The maximum Gasteiger partial charge on any atom is 0.123 e. The molecule has 0 bridgehead atoms. The van der Waals surface area contributed by atoms with E-state index in [2.05, 4.69) is 0 Å². The predicted octanol–water partition coefficient (Wildman–Crippen LogP) is 2.13. The Morgan fingerprint density at radius 2 is 2.07 bits per heavy atom. The topological polar surface area (TPSA) is 36.3 Å². The molecule has 15 heavy (non-hydrogen) atoms. The van der Waals surface area contributed by atoms with Crippen LogP contribution in [0.5, 0.6) is 5.75 Å². The fourth-order valence-corrected chi connectivity index (χ4v) is 1.10. The van der Waals surface area contributed by atoms with Crippen molar-refractivity contribution in [1.29, 1.82) is 5.41 Å². The Hall–Kier alpha value is -1.58. The fourth-order valence-electron chi connectivity index (χ4n) is 1.10. The first-order valence-corrected chi connectivity index (χ1v) is 4.81. The molecule has 0 aliphatic carbocycles. The lowest BCUT2D eigenvalue weighted by Gasteiger charge is -2.12. The van der Waals surface area contributed by atoms with Crippen molar-refractivity contribution in [3.8, 4) is 5.75 Å². The second-order valence-corrected chi connectivity index (χ2v) is 3.27. The van der Waals surface area contributed by atoms with Gasteiger partial charge in [-0.3, -0.25) is 5.41 Å². The number of rotatable bonds is 6. The van der Waals surface area contributed by atoms with E-state index >= 15 is 0 Å². The molecule has 0 aliphatic heterocycles. The Balaban J connectivity index is 2.20. The number of nitrogens with one attached hydrogen (secondary N) is 1. The van der Waals surface area contributed by atoms with Crippen molar-refractivity contribution in [2.75, 3.05) is 20.2 Å². The molecule has 82 valence electrons. The SMILES string of the molecule is CN(C=N)CCCOc1ccc(F)cc1. The Morgan fingerprint density at radius 3 is 2.67 bits per heavy atom. The van der Waals surface area contributed by atoms with Gasteiger partial charge in [-0.25, -0.2) is 4.39 Å². The van der Waals surface area contributed by atoms with Gasteiger partial charge < -0.3 is 9.64 Å². The molecular weight excluding hydrogens is 195 g/mol. The van der Waals surface area contributed by atoms with Crippen LogP contribution < -0.4 is 4.74 Å². The number of nitrogens with zero attached hydrogens (tertiary/aromatic N) is 1. The van der Waals surface area contributed by atoms with E-state index in [1.807, 2.05) is 7.05 Å². The van der Waals surface area contributed by atoms with E-state index in [4.69, 9.17) is 10.1 Å². The van der Waals surface area contributed by atoms with Crippen LogP contribution in [0.25, 0.3) is 0 Å². The van der Waals surface area contributed by atoms with E-state index in [1.54, 1.807) is 17.0 Å². The zero-order chi connectivity index (χ0) is 11.1. The summed E-state index contributed by atoms with van der Waals surface area (Å²) in [7, 11) is 1.84. The molecule has 1 aromatic carbocycles. The summed E-state index contributed by atoms with van der Waals surface area (Å²) in [5.74, 6) is 0.416. The van der Waals surface area contributed by atoms with Crippen LogP contribution >= 0.6 is 0 Å². The Bertz CT molecular complexity index is 300. The summed E-state index contributed by atoms with van der Waals surface area (Å²) in [6.07, 6.45) is 2.11. The Labute approximate surface area is 89.0 Å². The lowest BCUT2D eigenvalue weighted by molar-refractivity contribution is 0.295. The molecule has 0 saturated heterocycles. The largest absolute Gasteiger partial charge is 0.494 e. The minimum absolute atomic E-state index is 0.258. The van der Waals surface area contributed by atoms with Crippen molar-refractivity contribution in [3.63, 3.8) is 0 Å². The van der Waals surface area contributed by atoms with Gasteiger partial charge in [0.15, 0.2) is 0 Å². The lowest BCUT2D eigenvalue weighted by Crippen LogP contribution is -2.18. The molecule has 1 aromatic rings. The zero-order valence-corrected chi connectivity index (χ0v) is 8.74. The molecule has 1 rings (SSSR count). The quantitative estimate of drug-likeness (QED) is 0.443. The predicted molar refractivity (Wildman–Crippen MR) is 57.9 cm³/mol. The van der Waals surface area contributed by atoms with E-state index in [0.717, 1.165) is 13.0 Å². The molecule has 0 unspecified atom stereocenters. The lowest BCUT2D eigenvalue weighted by atomic mass is 10.3. The first kappa shape index (κ1) is 11.5. The molecule has 0 atom stereocenters. The molecule has 0 fully saturated rings. The molecule has 1 N–H and O–H groups in total. The van der Waals surface area contributed by atoms with Crippen LogP contribution in [0.2, 0.25) is 0 Å². The van der Waals surface area contributed by atoms with Crippen LogP contribution in [-0.4, -0.2) is 31.4 Å². The van der Waals surface area contributed by atoms with Gasteiger partial charge in [-0.1, -0.05) is 0 Å². The highest BCUT2D eigenvalue weighted by atomic mass is 19.1. The van der Waals surface area contributed by atoms with E-state index < -0.39 is 0 Å². The average molecular weight is 210 g/mol. The van der Waals surface area contributed by atoms with Gasteiger partial charge in [-0.15, -0.1) is 0 Å². The van der Waals surface area contributed by atoms with Gasteiger partial charge in [0, 0.05) is 13.6 Å². The van der Waals surface area contributed by atoms with Crippen LogP contribution in [0, 0.1) is 11.2 Å². The highest BCUT2D eigenvalue weighted by molar-refractivity contribution is 5.49. The number of hydrogen-bond donors (Lipinski definition) is 1. The minimum Gasteiger partial charge on any atom is -0.494 e. The maximum absolute atomic E-state index is 12.5. The van der Waals surface area contributed by atoms with Crippen molar-refractivity contribution in [2.24, 2.45) is 0 Å². The van der Waals surface area contributed by atoms with Crippen molar-refractivity contribution in [3.05, 3.63) is 30.1 Å². The van der Waals surface area contributed by atoms with Crippen molar-refractivity contribution in [2.45, 2.75) is 6.42 Å². The van der Waals surface area contributed by atoms with Crippen LogP contribution in [0.15, 0.2) is 24.3 Å². The summed E-state index contributed by atoms with van der Waals surface area (Å²) in [4.78, 5) is 1.77. The number of halogens is 1. The monoisotopic (exact) mass is 210 g/mol. The van der Waals surface area contributed by atoms with Gasteiger partial charge in [0.1, 0.15) is 11.6 Å². The first-order chi connectivity index (χ1) is 7.22. The fraction of sp³-hybridized carbons (Fsp3) is 0.364. The molecule has 0 saturated carbocycles. The summed E-state index contributed by atoms with van der Waals surface area (Å²) in [6, 6.07) is 5.96. The maximum atomic E-state index is 12.5. The van der Waals surface area contributed by atoms with Crippen molar-refractivity contribution in [1.82, 2.24) is 4.90 Å². The molecule has 0 amide bonds. The highest BCUT2D eigenvalue weighted by Gasteiger charge is 1.95. The minimum atomic E-state index is -0.258. The molecule has 0 aliphatic rings. The standard InChI is InChI=1S/C11H15FN2O/c1-14(9-13)7-2-8-15-11-5-3-10(12)4-6-11/h3-6,9,13H,2,7-8H2,1H3. The molecule has 3 nitrogen and oxygen atoms in total. The molecule has 0 heterocycles. The third-order valence-corrected chi connectivity index (χ3v) is 1.96. The van der Waals surface area contributed by atoms with Gasteiger partial charge in [0.2, 0.25) is 0 Å². The van der Waals surface area contributed by atoms with E-state index in [1.165, 1.54) is 18.5 Å². The molecule has 0 spiro atoms. The van der Waals surface area contributed by atoms with E-state index in [0.29, 0.717) is 12.4 Å². The third kappa shape index (κ3) is 4.44. The Morgan fingerprint density at radius 1 is 1.40 bits per heavy atom. The molecule has 4 heteroatoms. The van der Waals surface area contributed by atoms with Crippen LogP contribution in [-0.2, 0) is 0 Å². The summed E-state index contributed by atoms with van der Waals surface area (Å²) in [5, 5.41) is 6.95. The first-order valence-electron chi connectivity index (χ1n) is 4.81. The summed E-state index contributed by atoms with van der Waals surface area (Å²) >= 11 is 0. The molecular formula is C11H15FN2O. The molecule has 0 aromatic heterocycles. The number of ether oxygens (including phenoxy) is 1. The van der Waals surface area contributed by atoms with Gasteiger partial charge in [0.25, 0.3) is 0 Å².